The normalized spacial score (nSPS) is 12.5. The number of aliphatic imine (C=N–C) groups is 1. The first kappa shape index (κ1) is 15.8. The Hall–Kier alpha value is -3.45. The van der Waals surface area contributed by atoms with E-state index in [0.717, 1.165) is 17.8 Å². The van der Waals surface area contributed by atoms with Crippen molar-refractivity contribution in [3.8, 4) is 22.3 Å². The Balaban J connectivity index is 1.45. The fraction of sp³-hybridized carbons (Fsp3) is 0.0385. The highest BCUT2D eigenvalue weighted by Crippen LogP contribution is 2.30. The standard InChI is InChI=1S/C26H19N/c1-2-7-19(8-3-1)20-13-15-21(16-14-20)22-10-6-11-23(17-22)26-18-24-9-4-5-12-25(24)27-26/h1-17H,18H2. The minimum atomic E-state index is 0.909. The first-order chi connectivity index (χ1) is 13.4. The predicted octanol–water partition coefficient (Wildman–Crippen LogP) is 6.70. The van der Waals surface area contributed by atoms with Crippen LogP contribution >= 0.6 is 0 Å². The third-order valence-electron chi connectivity index (χ3n) is 5.13. The van der Waals surface area contributed by atoms with Gasteiger partial charge in [-0.15, -0.1) is 0 Å². The summed E-state index contributed by atoms with van der Waals surface area (Å²) in [5, 5.41) is 0. The Bertz CT molecular complexity index is 1120. The highest BCUT2D eigenvalue weighted by atomic mass is 14.8. The van der Waals surface area contributed by atoms with Crippen molar-refractivity contribution in [2.24, 2.45) is 4.99 Å². The molecule has 0 atom stereocenters. The molecule has 1 heteroatoms. The third-order valence-corrected chi connectivity index (χ3v) is 5.13. The summed E-state index contributed by atoms with van der Waals surface area (Å²) in [7, 11) is 0. The summed E-state index contributed by atoms with van der Waals surface area (Å²) >= 11 is 0. The fourth-order valence-corrected chi connectivity index (χ4v) is 3.67. The van der Waals surface area contributed by atoms with Crippen LogP contribution < -0.4 is 0 Å². The van der Waals surface area contributed by atoms with Gasteiger partial charge in [-0.2, -0.15) is 0 Å². The van der Waals surface area contributed by atoms with E-state index in [-0.39, 0.29) is 0 Å². The molecule has 4 aromatic rings. The molecule has 0 aromatic heterocycles. The van der Waals surface area contributed by atoms with Crippen LogP contribution in [-0.2, 0) is 6.42 Å². The maximum Gasteiger partial charge on any atom is 0.0669 e. The van der Waals surface area contributed by atoms with E-state index in [1.807, 2.05) is 6.07 Å². The second-order valence-electron chi connectivity index (χ2n) is 6.89. The lowest BCUT2D eigenvalue weighted by molar-refractivity contribution is 1.39. The van der Waals surface area contributed by atoms with Crippen LogP contribution in [0.1, 0.15) is 11.1 Å². The van der Waals surface area contributed by atoms with E-state index in [4.69, 9.17) is 4.99 Å². The summed E-state index contributed by atoms with van der Waals surface area (Å²) < 4.78 is 0. The van der Waals surface area contributed by atoms with Gasteiger partial charge in [-0.3, -0.25) is 4.99 Å². The number of rotatable bonds is 3. The van der Waals surface area contributed by atoms with Crippen LogP contribution in [0.25, 0.3) is 22.3 Å². The quantitative estimate of drug-likeness (QED) is 0.392. The molecule has 128 valence electrons. The molecular formula is C26H19N. The van der Waals surface area contributed by atoms with Crippen LogP contribution in [0.5, 0.6) is 0 Å². The zero-order chi connectivity index (χ0) is 18.1. The summed E-state index contributed by atoms with van der Waals surface area (Å²) in [4.78, 5) is 4.83. The van der Waals surface area contributed by atoms with Gasteiger partial charge in [-0.25, -0.2) is 0 Å². The smallest absolute Gasteiger partial charge is 0.0669 e. The molecule has 0 N–H and O–H groups in total. The minimum Gasteiger partial charge on any atom is -0.252 e. The van der Waals surface area contributed by atoms with Crippen LogP contribution in [0.3, 0.4) is 0 Å². The van der Waals surface area contributed by atoms with Crippen LogP contribution in [0.15, 0.2) is 108 Å². The minimum absolute atomic E-state index is 0.909. The summed E-state index contributed by atoms with van der Waals surface area (Å²) in [6.07, 6.45) is 0.909. The monoisotopic (exact) mass is 345 g/mol. The van der Waals surface area contributed by atoms with Gasteiger partial charge in [0.2, 0.25) is 0 Å². The van der Waals surface area contributed by atoms with E-state index in [9.17, 15) is 0 Å². The highest BCUT2D eigenvalue weighted by molar-refractivity contribution is 6.07. The lowest BCUT2D eigenvalue weighted by Gasteiger charge is -2.07. The van der Waals surface area contributed by atoms with E-state index in [1.165, 1.54) is 33.4 Å². The van der Waals surface area contributed by atoms with Gasteiger partial charge in [-0.05, 0) is 45.5 Å². The van der Waals surface area contributed by atoms with Crippen molar-refractivity contribution in [2.45, 2.75) is 6.42 Å². The second-order valence-corrected chi connectivity index (χ2v) is 6.89. The fourth-order valence-electron chi connectivity index (χ4n) is 3.67. The zero-order valence-corrected chi connectivity index (χ0v) is 15.0. The number of benzene rings is 4. The molecule has 4 aromatic carbocycles. The summed E-state index contributed by atoms with van der Waals surface area (Å²) in [5.41, 5.74) is 9.71. The first-order valence-corrected chi connectivity index (χ1v) is 9.29. The Labute approximate surface area is 159 Å². The second kappa shape index (κ2) is 6.69. The first-order valence-electron chi connectivity index (χ1n) is 9.29. The van der Waals surface area contributed by atoms with E-state index in [1.54, 1.807) is 0 Å². The van der Waals surface area contributed by atoms with E-state index in [0.29, 0.717) is 0 Å². The van der Waals surface area contributed by atoms with Gasteiger partial charge in [0.05, 0.1) is 11.4 Å². The molecule has 0 radical (unpaired) electrons. The molecule has 0 saturated carbocycles. The van der Waals surface area contributed by atoms with Gasteiger partial charge in [0.1, 0.15) is 0 Å². The van der Waals surface area contributed by atoms with E-state index in [2.05, 4.69) is 97.1 Å². The molecule has 27 heavy (non-hydrogen) atoms. The molecular weight excluding hydrogens is 326 g/mol. The molecule has 1 aliphatic heterocycles. The summed E-state index contributed by atoms with van der Waals surface area (Å²) in [6, 6.07) is 36.4. The number of hydrogen-bond acceptors (Lipinski definition) is 1. The third kappa shape index (κ3) is 3.09. The van der Waals surface area contributed by atoms with Gasteiger partial charge in [0.25, 0.3) is 0 Å². The average molecular weight is 345 g/mol. The van der Waals surface area contributed by atoms with Crippen LogP contribution in [0, 0.1) is 0 Å². The van der Waals surface area contributed by atoms with Crippen molar-refractivity contribution in [1.29, 1.82) is 0 Å². The highest BCUT2D eigenvalue weighted by Gasteiger charge is 2.15. The Morgan fingerprint density at radius 2 is 1.07 bits per heavy atom. The number of nitrogens with zero attached hydrogens (tertiary/aromatic N) is 1. The molecule has 0 saturated heterocycles. The largest absolute Gasteiger partial charge is 0.252 e. The van der Waals surface area contributed by atoms with Crippen LogP contribution in [0.4, 0.5) is 5.69 Å². The summed E-state index contributed by atoms with van der Waals surface area (Å²) in [5.74, 6) is 0. The molecule has 0 amide bonds. The molecule has 0 aliphatic carbocycles. The Kier molecular flexibility index (Phi) is 3.91. The van der Waals surface area contributed by atoms with Crippen molar-refractivity contribution >= 4 is 11.4 Å². The van der Waals surface area contributed by atoms with Gasteiger partial charge in [0, 0.05) is 6.42 Å². The number of para-hydroxylation sites is 1. The topological polar surface area (TPSA) is 12.4 Å². The van der Waals surface area contributed by atoms with Crippen molar-refractivity contribution in [2.75, 3.05) is 0 Å². The molecule has 0 fully saturated rings. The van der Waals surface area contributed by atoms with Crippen molar-refractivity contribution in [3.63, 3.8) is 0 Å². The van der Waals surface area contributed by atoms with E-state index >= 15 is 0 Å². The maximum absolute atomic E-state index is 4.83. The molecule has 1 aliphatic rings. The lowest BCUT2D eigenvalue weighted by Crippen LogP contribution is -2.00. The molecule has 0 unspecified atom stereocenters. The Morgan fingerprint density at radius 3 is 1.85 bits per heavy atom. The average Bonchev–Trinajstić information content (AvgIpc) is 3.19. The molecule has 1 nitrogen and oxygen atoms in total. The van der Waals surface area contributed by atoms with Gasteiger partial charge < -0.3 is 0 Å². The van der Waals surface area contributed by atoms with Crippen molar-refractivity contribution in [3.05, 3.63) is 114 Å². The van der Waals surface area contributed by atoms with Gasteiger partial charge in [-0.1, -0.05) is 91.0 Å². The van der Waals surface area contributed by atoms with Crippen LogP contribution in [-0.4, -0.2) is 5.71 Å². The van der Waals surface area contributed by atoms with Gasteiger partial charge >= 0.3 is 0 Å². The van der Waals surface area contributed by atoms with E-state index < -0.39 is 0 Å². The molecule has 0 spiro atoms. The van der Waals surface area contributed by atoms with Crippen LogP contribution in [0.2, 0.25) is 0 Å². The Morgan fingerprint density at radius 1 is 0.481 bits per heavy atom. The predicted molar refractivity (Wildman–Crippen MR) is 114 cm³/mol. The molecule has 0 bridgehead atoms. The maximum atomic E-state index is 4.83. The number of fused-ring (bicyclic) bond motifs is 1. The number of hydrogen-bond donors (Lipinski definition) is 0. The zero-order valence-electron chi connectivity index (χ0n) is 15.0. The van der Waals surface area contributed by atoms with Crippen molar-refractivity contribution < 1.29 is 0 Å². The van der Waals surface area contributed by atoms with Crippen molar-refractivity contribution in [1.82, 2.24) is 0 Å². The molecule has 5 rings (SSSR count). The molecule has 1 heterocycles. The van der Waals surface area contributed by atoms with Gasteiger partial charge in [0.15, 0.2) is 0 Å². The lowest BCUT2D eigenvalue weighted by atomic mass is 9.97. The summed E-state index contributed by atoms with van der Waals surface area (Å²) in [6.45, 7) is 0. The SMILES string of the molecule is c1ccc(-c2ccc(-c3cccc(C4=Nc5ccccc5C4)c3)cc2)cc1.